The number of nitrogens with two attached hydrogens (primary N) is 1. The van der Waals surface area contributed by atoms with E-state index in [-0.39, 0.29) is 0 Å². The first kappa shape index (κ1) is 10.1. The summed E-state index contributed by atoms with van der Waals surface area (Å²) in [5.41, 5.74) is 7.95. The number of benzene rings is 1. The molecule has 0 bridgehead atoms. The fourth-order valence-corrected chi connectivity index (χ4v) is 1.17. The lowest BCUT2D eigenvalue weighted by Gasteiger charge is -2.23. The molecule has 0 amide bonds. The summed E-state index contributed by atoms with van der Waals surface area (Å²) < 4.78 is 0. The Balaban J connectivity index is 2.79. The molecule has 0 aromatic heterocycles. The van der Waals surface area contributed by atoms with E-state index in [2.05, 4.69) is 50.1 Å². The Kier molecular flexibility index (Phi) is 3.32. The lowest BCUT2D eigenvalue weighted by molar-refractivity contribution is 0.754. The van der Waals surface area contributed by atoms with Crippen LogP contribution < -0.4 is 10.6 Å². The van der Waals surface area contributed by atoms with Crippen molar-refractivity contribution < 1.29 is 0 Å². The van der Waals surface area contributed by atoms with E-state index in [9.17, 15) is 0 Å². The van der Waals surface area contributed by atoms with Gasteiger partial charge in [0.2, 0.25) is 0 Å². The van der Waals surface area contributed by atoms with E-state index in [4.69, 9.17) is 5.73 Å². The van der Waals surface area contributed by atoms with E-state index in [0.29, 0.717) is 12.6 Å². The van der Waals surface area contributed by atoms with Crippen LogP contribution in [0.2, 0.25) is 0 Å². The van der Waals surface area contributed by atoms with Crippen LogP contribution in [0.1, 0.15) is 19.4 Å². The van der Waals surface area contributed by atoms with E-state index in [1.54, 1.807) is 0 Å². The van der Waals surface area contributed by atoms with Crippen LogP contribution in [0.15, 0.2) is 24.3 Å². The lowest BCUT2D eigenvalue weighted by Crippen LogP contribution is -2.25. The molecule has 72 valence electrons. The standard InChI is InChI=1S/C11H18N2/c1-9(2)13(3)11-6-4-10(8-12)5-7-11/h4-7,9H,8,12H2,1-3H3. The van der Waals surface area contributed by atoms with Gasteiger partial charge in [0, 0.05) is 25.3 Å². The highest BCUT2D eigenvalue weighted by molar-refractivity contribution is 5.47. The minimum Gasteiger partial charge on any atom is -0.372 e. The van der Waals surface area contributed by atoms with Crippen LogP contribution in [-0.4, -0.2) is 13.1 Å². The van der Waals surface area contributed by atoms with E-state index < -0.39 is 0 Å². The van der Waals surface area contributed by atoms with Gasteiger partial charge in [-0.1, -0.05) is 12.1 Å². The van der Waals surface area contributed by atoms with E-state index in [1.807, 2.05) is 0 Å². The molecule has 2 heteroatoms. The molecule has 0 spiro atoms. The molecule has 0 heterocycles. The van der Waals surface area contributed by atoms with Gasteiger partial charge in [-0.3, -0.25) is 0 Å². The van der Waals surface area contributed by atoms with Crippen LogP contribution >= 0.6 is 0 Å². The molecule has 0 saturated heterocycles. The molecular weight excluding hydrogens is 160 g/mol. The Labute approximate surface area is 80.4 Å². The second-order valence-electron chi connectivity index (χ2n) is 3.58. The number of nitrogens with zero attached hydrogens (tertiary/aromatic N) is 1. The van der Waals surface area contributed by atoms with Crippen molar-refractivity contribution in [3.05, 3.63) is 29.8 Å². The molecule has 1 rings (SSSR count). The van der Waals surface area contributed by atoms with E-state index in [1.165, 1.54) is 11.3 Å². The number of rotatable bonds is 3. The molecule has 0 aliphatic rings. The summed E-state index contributed by atoms with van der Waals surface area (Å²) in [5, 5.41) is 0. The summed E-state index contributed by atoms with van der Waals surface area (Å²) in [5.74, 6) is 0. The fraction of sp³-hybridized carbons (Fsp3) is 0.455. The predicted octanol–water partition coefficient (Wildman–Crippen LogP) is 1.99. The van der Waals surface area contributed by atoms with Gasteiger partial charge in [-0.15, -0.1) is 0 Å². The van der Waals surface area contributed by atoms with Gasteiger partial charge in [-0.05, 0) is 31.5 Å². The molecule has 1 aromatic carbocycles. The highest BCUT2D eigenvalue weighted by atomic mass is 15.1. The van der Waals surface area contributed by atoms with Gasteiger partial charge < -0.3 is 10.6 Å². The monoisotopic (exact) mass is 178 g/mol. The van der Waals surface area contributed by atoms with Gasteiger partial charge in [-0.2, -0.15) is 0 Å². The minimum absolute atomic E-state index is 0.531. The first-order chi connectivity index (χ1) is 6.15. The third kappa shape index (κ3) is 2.46. The first-order valence-electron chi connectivity index (χ1n) is 4.67. The third-order valence-electron chi connectivity index (χ3n) is 2.35. The fourth-order valence-electron chi connectivity index (χ4n) is 1.17. The molecular formula is C11H18N2. The molecule has 0 saturated carbocycles. The van der Waals surface area contributed by atoms with Crippen molar-refractivity contribution in [1.29, 1.82) is 0 Å². The molecule has 1 aromatic rings. The van der Waals surface area contributed by atoms with Gasteiger partial charge in [0.1, 0.15) is 0 Å². The Morgan fingerprint density at radius 1 is 1.23 bits per heavy atom. The van der Waals surface area contributed by atoms with Gasteiger partial charge in [-0.25, -0.2) is 0 Å². The van der Waals surface area contributed by atoms with E-state index >= 15 is 0 Å². The Morgan fingerprint density at radius 3 is 2.15 bits per heavy atom. The summed E-state index contributed by atoms with van der Waals surface area (Å²) in [7, 11) is 2.10. The average molecular weight is 178 g/mol. The van der Waals surface area contributed by atoms with Gasteiger partial charge in [0.05, 0.1) is 0 Å². The second-order valence-corrected chi connectivity index (χ2v) is 3.58. The summed E-state index contributed by atoms with van der Waals surface area (Å²) in [4.78, 5) is 2.24. The zero-order chi connectivity index (χ0) is 9.84. The SMILES string of the molecule is CC(C)N(C)c1ccc(CN)cc1. The highest BCUT2D eigenvalue weighted by Gasteiger charge is 2.03. The van der Waals surface area contributed by atoms with Crippen LogP contribution in [0.3, 0.4) is 0 Å². The molecule has 0 fully saturated rings. The van der Waals surface area contributed by atoms with Crippen molar-refractivity contribution in [1.82, 2.24) is 0 Å². The summed E-state index contributed by atoms with van der Waals surface area (Å²) in [6.07, 6.45) is 0. The highest BCUT2D eigenvalue weighted by Crippen LogP contribution is 2.15. The molecule has 13 heavy (non-hydrogen) atoms. The maximum atomic E-state index is 5.52. The normalized spacial score (nSPS) is 10.5. The predicted molar refractivity (Wildman–Crippen MR) is 57.9 cm³/mol. The molecule has 0 radical (unpaired) electrons. The quantitative estimate of drug-likeness (QED) is 0.767. The maximum Gasteiger partial charge on any atom is 0.0366 e. The Morgan fingerprint density at radius 2 is 1.77 bits per heavy atom. The summed E-state index contributed by atoms with van der Waals surface area (Å²) >= 11 is 0. The number of anilines is 1. The number of hydrogen-bond donors (Lipinski definition) is 1. The van der Waals surface area contributed by atoms with Gasteiger partial charge in [0.25, 0.3) is 0 Å². The molecule has 0 aliphatic heterocycles. The molecule has 2 N–H and O–H groups in total. The largest absolute Gasteiger partial charge is 0.372 e. The Bertz CT molecular complexity index is 251. The summed E-state index contributed by atoms with van der Waals surface area (Å²) in [6, 6.07) is 8.91. The maximum absolute atomic E-state index is 5.52. The van der Waals surface area contributed by atoms with Crippen molar-refractivity contribution in [2.24, 2.45) is 5.73 Å². The van der Waals surface area contributed by atoms with Crippen molar-refractivity contribution in [3.8, 4) is 0 Å². The van der Waals surface area contributed by atoms with Crippen LogP contribution in [0.25, 0.3) is 0 Å². The third-order valence-corrected chi connectivity index (χ3v) is 2.35. The van der Waals surface area contributed by atoms with Gasteiger partial charge in [0.15, 0.2) is 0 Å². The molecule has 0 atom stereocenters. The van der Waals surface area contributed by atoms with Crippen molar-refractivity contribution in [3.63, 3.8) is 0 Å². The number of hydrogen-bond acceptors (Lipinski definition) is 2. The van der Waals surface area contributed by atoms with Crippen molar-refractivity contribution in [2.45, 2.75) is 26.4 Å². The second kappa shape index (κ2) is 4.28. The zero-order valence-electron chi connectivity index (χ0n) is 8.62. The van der Waals surface area contributed by atoms with Crippen molar-refractivity contribution >= 4 is 5.69 Å². The molecule has 2 nitrogen and oxygen atoms in total. The first-order valence-corrected chi connectivity index (χ1v) is 4.67. The average Bonchev–Trinajstić information content (AvgIpc) is 2.17. The van der Waals surface area contributed by atoms with E-state index in [0.717, 1.165) is 0 Å². The van der Waals surface area contributed by atoms with Crippen molar-refractivity contribution in [2.75, 3.05) is 11.9 Å². The Hall–Kier alpha value is -1.02. The van der Waals surface area contributed by atoms with Crippen LogP contribution in [0, 0.1) is 0 Å². The van der Waals surface area contributed by atoms with Gasteiger partial charge >= 0.3 is 0 Å². The topological polar surface area (TPSA) is 29.3 Å². The summed E-state index contributed by atoms with van der Waals surface area (Å²) in [6.45, 7) is 4.97. The van der Waals surface area contributed by atoms with Crippen LogP contribution in [0.4, 0.5) is 5.69 Å². The zero-order valence-corrected chi connectivity index (χ0v) is 8.62. The minimum atomic E-state index is 0.531. The van der Waals surface area contributed by atoms with Crippen LogP contribution in [-0.2, 0) is 6.54 Å². The lowest BCUT2D eigenvalue weighted by atomic mass is 10.2. The molecule has 0 aliphatic carbocycles. The molecule has 0 unspecified atom stereocenters. The van der Waals surface area contributed by atoms with Crippen LogP contribution in [0.5, 0.6) is 0 Å². The smallest absolute Gasteiger partial charge is 0.0366 e.